The van der Waals surface area contributed by atoms with Gasteiger partial charge in [0.1, 0.15) is 23.0 Å². The van der Waals surface area contributed by atoms with E-state index >= 15 is 0 Å². The van der Waals surface area contributed by atoms with Crippen LogP contribution in [0.3, 0.4) is 0 Å². The molecule has 0 aliphatic carbocycles. The number of ether oxygens (including phenoxy) is 2. The summed E-state index contributed by atoms with van der Waals surface area (Å²) in [5, 5.41) is 1.97. The number of benzene rings is 4. The Hall–Kier alpha value is -2.36. The molecule has 0 radical (unpaired) electrons. The Bertz CT molecular complexity index is 1170. The molecule has 0 aliphatic heterocycles. The maximum absolute atomic E-state index is 6.06. The molecule has 4 aromatic carbocycles. The van der Waals surface area contributed by atoms with E-state index < -0.39 is 0 Å². The van der Waals surface area contributed by atoms with Crippen molar-refractivity contribution in [2.24, 2.45) is 0 Å². The Morgan fingerprint density at radius 2 is 1.07 bits per heavy atom. The second-order valence-electron chi connectivity index (χ2n) is 6.44. The highest BCUT2D eigenvalue weighted by atomic mass is 35.5. The molecule has 0 unspecified atom stereocenters. The summed E-state index contributed by atoms with van der Waals surface area (Å²) >= 11 is 24.1. The molecule has 0 spiro atoms. The third-order valence-corrected chi connectivity index (χ3v) is 5.40. The minimum Gasteiger partial charge on any atom is -0.457 e. The molecule has 0 heterocycles. The lowest BCUT2D eigenvalue weighted by atomic mass is 10.1. The molecule has 0 fully saturated rings. The normalized spacial score (nSPS) is 10.7. The maximum Gasteiger partial charge on any atom is 0.130 e. The van der Waals surface area contributed by atoms with Gasteiger partial charge in [0.05, 0.1) is 10.0 Å². The first kappa shape index (κ1) is 20.9. The Labute approximate surface area is 194 Å². The zero-order valence-electron chi connectivity index (χ0n) is 15.4. The Kier molecular flexibility index (Phi) is 6.40. The summed E-state index contributed by atoms with van der Waals surface area (Å²) in [7, 11) is 0. The summed E-state index contributed by atoms with van der Waals surface area (Å²) < 4.78 is 11.7. The van der Waals surface area contributed by atoms with Gasteiger partial charge in [-0.3, -0.25) is 0 Å². The molecule has 150 valence electrons. The van der Waals surface area contributed by atoms with Crippen LogP contribution in [0.25, 0.3) is 11.1 Å². The van der Waals surface area contributed by atoms with Crippen molar-refractivity contribution in [2.45, 2.75) is 0 Å². The average Bonchev–Trinajstić information content (AvgIpc) is 2.71. The van der Waals surface area contributed by atoms with Crippen molar-refractivity contribution in [3.05, 3.63) is 105 Å². The fraction of sp³-hybridized carbons (Fsp3) is 0. The molecule has 2 nitrogen and oxygen atoms in total. The quantitative estimate of drug-likeness (QED) is 0.286. The molecule has 0 atom stereocenters. The average molecular weight is 476 g/mol. The number of hydrogen-bond donors (Lipinski definition) is 0. The maximum atomic E-state index is 6.06. The fourth-order valence-electron chi connectivity index (χ4n) is 2.85. The molecule has 0 aromatic heterocycles. The molecule has 30 heavy (non-hydrogen) atoms. The van der Waals surface area contributed by atoms with Gasteiger partial charge >= 0.3 is 0 Å². The van der Waals surface area contributed by atoms with Crippen LogP contribution < -0.4 is 9.47 Å². The van der Waals surface area contributed by atoms with Gasteiger partial charge in [-0.25, -0.2) is 0 Å². The van der Waals surface area contributed by atoms with Crippen molar-refractivity contribution in [3.8, 4) is 34.1 Å². The van der Waals surface area contributed by atoms with Gasteiger partial charge in [-0.2, -0.15) is 0 Å². The molecule has 0 saturated heterocycles. The van der Waals surface area contributed by atoms with Crippen molar-refractivity contribution in [3.63, 3.8) is 0 Å². The predicted molar refractivity (Wildman–Crippen MR) is 125 cm³/mol. The Morgan fingerprint density at radius 1 is 0.433 bits per heavy atom. The first-order valence-corrected chi connectivity index (χ1v) is 10.4. The molecular weight excluding hydrogens is 462 g/mol. The van der Waals surface area contributed by atoms with Crippen LogP contribution in [-0.2, 0) is 0 Å². The second-order valence-corrected chi connectivity index (χ2v) is 8.12. The lowest BCUT2D eigenvalue weighted by Gasteiger charge is -2.10. The van der Waals surface area contributed by atoms with E-state index in [1.807, 2.05) is 48.5 Å². The van der Waals surface area contributed by atoms with Crippen LogP contribution in [0.4, 0.5) is 0 Å². The van der Waals surface area contributed by atoms with Gasteiger partial charge in [-0.15, -0.1) is 0 Å². The second kappa shape index (κ2) is 9.20. The van der Waals surface area contributed by atoms with Crippen LogP contribution in [0.1, 0.15) is 0 Å². The highest BCUT2D eigenvalue weighted by molar-refractivity contribution is 6.42. The number of halogens is 4. The highest BCUT2D eigenvalue weighted by Gasteiger charge is 2.06. The van der Waals surface area contributed by atoms with Gasteiger partial charge in [-0.05, 0) is 65.7 Å². The third kappa shape index (κ3) is 5.21. The van der Waals surface area contributed by atoms with E-state index in [9.17, 15) is 0 Å². The summed E-state index contributed by atoms with van der Waals surface area (Å²) in [6.07, 6.45) is 0. The minimum atomic E-state index is 0.446. The lowest BCUT2D eigenvalue weighted by Crippen LogP contribution is -1.87. The molecule has 4 rings (SSSR count). The third-order valence-electron chi connectivity index (χ3n) is 4.22. The monoisotopic (exact) mass is 474 g/mol. The Balaban J connectivity index is 1.51. The van der Waals surface area contributed by atoms with Crippen molar-refractivity contribution < 1.29 is 9.47 Å². The summed E-state index contributed by atoms with van der Waals surface area (Å²) in [4.78, 5) is 0. The highest BCUT2D eigenvalue weighted by Crippen LogP contribution is 2.33. The summed E-state index contributed by atoms with van der Waals surface area (Å²) in [5.74, 6) is 2.57. The summed E-state index contributed by atoms with van der Waals surface area (Å²) in [6.45, 7) is 0. The summed E-state index contributed by atoms with van der Waals surface area (Å²) in [6, 6.07) is 25.7. The van der Waals surface area contributed by atoms with Gasteiger partial charge < -0.3 is 9.47 Å². The largest absolute Gasteiger partial charge is 0.457 e. The van der Waals surface area contributed by atoms with Crippen LogP contribution in [0.15, 0.2) is 84.9 Å². The van der Waals surface area contributed by atoms with Crippen LogP contribution >= 0.6 is 46.4 Å². The van der Waals surface area contributed by atoms with Crippen LogP contribution in [-0.4, -0.2) is 0 Å². The molecule has 6 heteroatoms. The zero-order chi connectivity index (χ0) is 21.1. The van der Waals surface area contributed by atoms with E-state index in [-0.39, 0.29) is 0 Å². The first-order chi connectivity index (χ1) is 14.5. The SMILES string of the molecule is Clc1cc(Cl)cc(Oc2ccc(-c3cccc(Oc4ccc(Cl)c(Cl)c4)c3)cc2)c1. The molecule has 0 amide bonds. The molecule has 4 aromatic rings. The van der Waals surface area contributed by atoms with Gasteiger partial charge in [0.2, 0.25) is 0 Å². The van der Waals surface area contributed by atoms with Gasteiger partial charge in [0.25, 0.3) is 0 Å². The topological polar surface area (TPSA) is 18.5 Å². The molecule has 0 saturated carbocycles. The summed E-state index contributed by atoms with van der Waals surface area (Å²) in [5.41, 5.74) is 2.02. The van der Waals surface area contributed by atoms with Crippen LogP contribution in [0.2, 0.25) is 20.1 Å². The molecule has 0 bridgehead atoms. The van der Waals surface area contributed by atoms with Gasteiger partial charge in [-0.1, -0.05) is 70.7 Å². The Morgan fingerprint density at radius 3 is 1.77 bits per heavy atom. The smallest absolute Gasteiger partial charge is 0.130 e. The van der Waals surface area contributed by atoms with E-state index in [1.165, 1.54) is 0 Å². The number of hydrogen-bond acceptors (Lipinski definition) is 2. The van der Waals surface area contributed by atoms with Crippen LogP contribution in [0, 0.1) is 0 Å². The lowest BCUT2D eigenvalue weighted by molar-refractivity contribution is 0.483. The van der Waals surface area contributed by atoms with E-state index in [0.717, 1.165) is 11.1 Å². The molecule has 0 aliphatic rings. The van der Waals surface area contributed by atoms with Gasteiger partial charge in [0.15, 0.2) is 0 Å². The van der Waals surface area contributed by atoms with Crippen molar-refractivity contribution in [1.29, 1.82) is 0 Å². The van der Waals surface area contributed by atoms with E-state index in [1.54, 1.807) is 36.4 Å². The van der Waals surface area contributed by atoms with E-state index in [2.05, 4.69) is 0 Å². The first-order valence-electron chi connectivity index (χ1n) is 8.94. The van der Waals surface area contributed by atoms with Crippen molar-refractivity contribution in [1.82, 2.24) is 0 Å². The van der Waals surface area contributed by atoms with Gasteiger partial charge in [0, 0.05) is 16.1 Å². The standard InChI is InChI=1S/C24H14Cl4O2/c25-17-11-18(26)13-22(12-17)29-19-6-4-15(5-7-19)16-2-1-3-20(10-16)30-21-8-9-23(27)24(28)14-21/h1-14H. The molecule has 0 N–H and O–H groups in total. The fourth-order valence-corrected chi connectivity index (χ4v) is 3.65. The van der Waals surface area contributed by atoms with E-state index in [0.29, 0.717) is 43.1 Å². The predicted octanol–water partition coefficient (Wildman–Crippen LogP) is 9.55. The molecular formula is C24H14Cl4O2. The number of rotatable bonds is 5. The van der Waals surface area contributed by atoms with Crippen molar-refractivity contribution >= 4 is 46.4 Å². The van der Waals surface area contributed by atoms with E-state index in [4.69, 9.17) is 55.9 Å². The zero-order valence-corrected chi connectivity index (χ0v) is 18.4. The van der Waals surface area contributed by atoms with Crippen LogP contribution in [0.5, 0.6) is 23.0 Å². The van der Waals surface area contributed by atoms with Crippen molar-refractivity contribution in [2.75, 3.05) is 0 Å². The minimum absolute atomic E-state index is 0.446.